The third-order valence-electron chi connectivity index (χ3n) is 3.63. The highest BCUT2D eigenvalue weighted by Gasteiger charge is 2.30. The van der Waals surface area contributed by atoms with E-state index in [0.717, 1.165) is 12.7 Å². The Labute approximate surface area is 142 Å². The number of nitrogens with one attached hydrogen (secondary N) is 1. The number of aliphatic hydroxyl groups is 1. The fraction of sp³-hybridized carbons (Fsp3) is 0.556. The van der Waals surface area contributed by atoms with Crippen molar-refractivity contribution in [1.82, 2.24) is 5.32 Å². The number of ether oxygens (including phenoxy) is 1. The Morgan fingerprint density at radius 1 is 1.12 bits per heavy atom. The molecule has 1 amide bonds. The van der Waals surface area contributed by atoms with Crippen LogP contribution >= 0.6 is 0 Å². The SMILES string of the molecule is CC(O)(CNC(=O)CCCOc1ccc(C(C)(C)C)cc1)C(=O)O. The molecule has 1 unspecified atom stereocenters. The molecular weight excluding hydrogens is 310 g/mol. The van der Waals surface area contributed by atoms with Crippen molar-refractivity contribution in [3.8, 4) is 5.75 Å². The van der Waals surface area contributed by atoms with Gasteiger partial charge in [0.2, 0.25) is 5.91 Å². The van der Waals surface area contributed by atoms with Gasteiger partial charge in [-0.15, -0.1) is 0 Å². The summed E-state index contributed by atoms with van der Waals surface area (Å²) in [5.74, 6) is -0.940. The van der Waals surface area contributed by atoms with Crippen LogP contribution in [0.2, 0.25) is 0 Å². The van der Waals surface area contributed by atoms with Crippen LogP contribution in [-0.4, -0.2) is 40.8 Å². The highest BCUT2D eigenvalue weighted by molar-refractivity contribution is 5.80. The van der Waals surface area contributed by atoms with Crippen molar-refractivity contribution in [2.75, 3.05) is 13.2 Å². The van der Waals surface area contributed by atoms with Gasteiger partial charge in [-0.2, -0.15) is 0 Å². The number of hydrogen-bond acceptors (Lipinski definition) is 4. The Morgan fingerprint density at radius 2 is 1.71 bits per heavy atom. The molecular formula is C18H27NO5. The highest BCUT2D eigenvalue weighted by Crippen LogP contribution is 2.24. The smallest absolute Gasteiger partial charge is 0.337 e. The number of rotatable bonds is 8. The average molecular weight is 337 g/mol. The number of hydrogen-bond donors (Lipinski definition) is 3. The van der Waals surface area contributed by atoms with Crippen LogP contribution in [0.4, 0.5) is 0 Å². The van der Waals surface area contributed by atoms with E-state index in [4.69, 9.17) is 9.84 Å². The molecule has 0 fully saturated rings. The second-order valence-electron chi connectivity index (χ2n) is 7.08. The van der Waals surface area contributed by atoms with Crippen LogP contribution in [0.1, 0.15) is 46.1 Å². The number of carbonyl (C=O) groups excluding carboxylic acids is 1. The molecule has 0 radical (unpaired) electrons. The predicted octanol–water partition coefficient (Wildman–Crippen LogP) is 2.09. The molecule has 0 heterocycles. The van der Waals surface area contributed by atoms with Gasteiger partial charge in [0.1, 0.15) is 5.75 Å². The molecule has 1 atom stereocenters. The lowest BCUT2D eigenvalue weighted by Crippen LogP contribution is -2.46. The Bertz CT molecular complexity index is 558. The summed E-state index contributed by atoms with van der Waals surface area (Å²) in [5.41, 5.74) is -0.644. The van der Waals surface area contributed by atoms with Crippen LogP contribution in [0.5, 0.6) is 5.75 Å². The van der Waals surface area contributed by atoms with Gasteiger partial charge >= 0.3 is 5.97 Å². The highest BCUT2D eigenvalue weighted by atomic mass is 16.5. The summed E-state index contributed by atoms with van der Waals surface area (Å²) in [5, 5.41) is 20.6. The second kappa shape index (κ2) is 8.15. The van der Waals surface area contributed by atoms with E-state index in [1.165, 1.54) is 5.56 Å². The van der Waals surface area contributed by atoms with Crippen molar-refractivity contribution in [1.29, 1.82) is 0 Å². The van der Waals surface area contributed by atoms with Crippen LogP contribution in [-0.2, 0) is 15.0 Å². The summed E-state index contributed by atoms with van der Waals surface area (Å²) in [6, 6.07) is 7.86. The summed E-state index contributed by atoms with van der Waals surface area (Å²) < 4.78 is 5.58. The lowest BCUT2D eigenvalue weighted by atomic mass is 9.87. The second-order valence-corrected chi connectivity index (χ2v) is 7.08. The summed E-state index contributed by atoms with van der Waals surface area (Å²) in [4.78, 5) is 22.3. The molecule has 0 aliphatic heterocycles. The Hall–Kier alpha value is -2.08. The van der Waals surface area contributed by atoms with E-state index in [1.807, 2.05) is 24.3 Å². The molecule has 1 aromatic carbocycles. The molecule has 0 saturated heterocycles. The Kier molecular flexibility index (Phi) is 6.78. The van der Waals surface area contributed by atoms with Gasteiger partial charge in [-0.05, 0) is 36.5 Å². The van der Waals surface area contributed by atoms with E-state index in [1.54, 1.807) is 0 Å². The zero-order valence-corrected chi connectivity index (χ0v) is 14.8. The molecule has 0 aliphatic rings. The fourth-order valence-corrected chi connectivity index (χ4v) is 1.91. The van der Waals surface area contributed by atoms with E-state index in [9.17, 15) is 14.7 Å². The number of aliphatic carboxylic acids is 1. The van der Waals surface area contributed by atoms with Gasteiger partial charge in [-0.1, -0.05) is 32.9 Å². The lowest BCUT2D eigenvalue weighted by molar-refractivity contribution is -0.156. The standard InChI is InChI=1S/C18H27NO5/c1-17(2,3)13-7-9-14(10-8-13)24-11-5-6-15(20)19-12-18(4,23)16(21)22/h7-10,23H,5-6,11-12H2,1-4H3,(H,19,20)(H,21,22). The largest absolute Gasteiger partial charge is 0.494 e. The fourth-order valence-electron chi connectivity index (χ4n) is 1.91. The minimum Gasteiger partial charge on any atom is -0.494 e. The molecule has 0 aromatic heterocycles. The van der Waals surface area contributed by atoms with Gasteiger partial charge in [0, 0.05) is 6.42 Å². The molecule has 1 aromatic rings. The monoisotopic (exact) mass is 337 g/mol. The van der Waals surface area contributed by atoms with Crippen LogP contribution in [0.3, 0.4) is 0 Å². The lowest BCUT2D eigenvalue weighted by Gasteiger charge is -2.19. The maximum absolute atomic E-state index is 11.6. The average Bonchev–Trinajstić information content (AvgIpc) is 2.49. The van der Waals surface area contributed by atoms with Crippen LogP contribution < -0.4 is 10.1 Å². The van der Waals surface area contributed by atoms with Gasteiger partial charge in [0.25, 0.3) is 0 Å². The summed E-state index contributed by atoms with van der Waals surface area (Å²) in [6.45, 7) is 7.63. The van der Waals surface area contributed by atoms with Crippen molar-refractivity contribution in [3.63, 3.8) is 0 Å². The molecule has 0 spiro atoms. The summed E-state index contributed by atoms with van der Waals surface area (Å²) >= 11 is 0. The van der Waals surface area contributed by atoms with Crippen LogP contribution in [0.25, 0.3) is 0 Å². The van der Waals surface area contributed by atoms with Crippen LogP contribution in [0, 0.1) is 0 Å². The molecule has 1 rings (SSSR count). The van der Waals surface area contributed by atoms with Crippen molar-refractivity contribution in [2.24, 2.45) is 0 Å². The van der Waals surface area contributed by atoms with E-state index in [2.05, 4.69) is 26.1 Å². The number of carboxylic acids is 1. The topological polar surface area (TPSA) is 95.9 Å². The Morgan fingerprint density at radius 3 is 2.21 bits per heavy atom. The maximum Gasteiger partial charge on any atom is 0.337 e. The third-order valence-corrected chi connectivity index (χ3v) is 3.63. The summed E-state index contributed by atoms with van der Waals surface area (Å²) in [6.07, 6.45) is 0.706. The first-order valence-electron chi connectivity index (χ1n) is 7.98. The molecule has 0 saturated carbocycles. The zero-order valence-electron chi connectivity index (χ0n) is 14.8. The minimum absolute atomic E-state index is 0.0910. The number of carboxylic acid groups (broad SMARTS) is 1. The van der Waals surface area contributed by atoms with Gasteiger partial charge in [-0.25, -0.2) is 4.79 Å². The number of amides is 1. The van der Waals surface area contributed by atoms with Gasteiger partial charge in [0.05, 0.1) is 13.2 Å². The van der Waals surface area contributed by atoms with Crippen molar-refractivity contribution < 1.29 is 24.5 Å². The molecule has 134 valence electrons. The first-order valence-corrected chi connectivity index (χ1v) is 7.98. The van der Waals surface area contributed by atoms with Gasteiger partial charge in [0.15, 0.2) is 5.60 Å². The number of benzene rings is 1. The zero-order chi connectivity index (χ0) is 18.4. The van der Waals surface area contributed by atoms with Crippen molar-refractivity contribution >= 4 is 11.9 Å². The molecule has 3 N–H and O–H groups in total. The molecule has 6 heteroatoms. The molecule has 0 bridgehead atoms. The van der Waals surface area contributed by atoms with E-state index >= 15 is 0 Å². The molecule has 0 aliphatic carbocycles. The van der Waals surface area contributed by atoms with Crippen molar-refractivity contribution in [2.45, 2.75) is 51.6 Å². The molecule has 6 nitrogen and oxygen atoms in total. The predicted molar refractivity (Wildman–Crippen MR) is 91.1 cm³/mol. The first kappa shape index (κ1) is 20.0. The van der Waals surface area contributed by atoms with Crippen LogP contribution in [0.15, 0.2) is 24.3 Å². The van der Waals surface area contributed by atoms with E-state index in [-0.39, 0.29) is 24.3 Å². The third kappa shape index (κ3) is 6.58. The molecule has 24 heavy (non-hydrogen) atoms. The Balaban J connectivity index is 2.28. The quantitative estimate of drug-likeness (QED) is 0.631. The van der Waals surface area contributed by atoms with Crippen molar-refractivity contribution in [3.05, 3.63) is 29.8 Å². The van der Waals surface area contributed by atoms with E-state index < -0.39 is 11.6 Å². The van der Waals surface area contributed by atoms with E-state index in [0.29, 0.717) is 13.0 Å². The normalized spacial score (nSPS) is 13.9. The van der Waals surface area contributed by atoms with Gasteiger partial charge < -0.3 is 20.3 Å². The van der Waals surface area contributed by atoms with Gasteiger partial charge in [-0.3, -0.25) is 4.79 Å². The number of carbonyl (C=O) groups is 2. The first-order chi connectivity index (χ1) is 11.0. The maximum atomic E-state index is 11.6. The minimum atomic E-state index is -1.96. The summed E-state index contributed by atoms with van der Waals surface area (Å²) in [7, 11) is 0.